The molecule has 1 aromatic rings. The Morgan fingerprint density at radius 2 is 2.10 bits per heavy atom. The molecule has 0 saturated carbocycles. The minimum Gasteiger partial charge on any atom is -0.480 e. The number of Topliss-reactive ketones (excluding diaryl/α,β-unsaturated/α-hetero) is 1. The summed E-state index contributed by atoms with van der Waals surface area (Å²) < 4.78 is 10.8. The Morgan fingerprint density at radius 3 is 2.75 bits per heavy atom. The lowest BCUT2D eigenvalue weighted by atomic mass is 9.81. The number of rotatable bonds is 3. The van der Waals surface area contributed by atoms with Crippen LogP contribution in [0.25, 0.3) is 0 Å². The third-order valence-corrected chi connectivity index (χ3v) is 4.49. The van der Waals surface area contributed by atoms with Gasteiger partial charge in [-0.25, -0.2) is 4.98 Å². The molecule has 0 spiro atoms. The van der Waals surface area contributed by atoms with Gasteiger partial charge in [0.2, 0.25) is 5.88 Å². The Bertz CT molecular complexity index is 492. The van der Waals surface area contributed by atoms with Gasteiger partial charge in [0.15, 0.2) is 5.78 Å². The van der Waals surface area contributed by atoms with Gasteiger partial charge in [0.25, 0.3) is 0 Å². The van der Waals surface area contributed by atoms with Crippen molar-refractivity contribution in [1.29, 1.82) is 0 Å². The van der Waals surface area contributed by atoms with Crippen molar-refractivity contribution in [2.45, 2.75) is 24.9 Å². The SMILES string of the molecule is COc1ncccc1C(=O)C1CC2COCC(C1)N2C. The Morgan fingerprint density at radius 1 is 1.40 bits per heavy atom. The third-order valence-electron chi connectivity index (χ3n) is 4.49. The first-order valence-corrected chi connectivity index (χ1v) is 7.03. The van der Waals surface area contributed by atoms with Crippen molar-refractivity contribution < 1.29 is 14.3 Å². The number of likely N-dealkylation sites (N-methyl/N-ethyl adjacent to an activating group) is 1. The molecular formula is C15H20N2O3. The van der Waals surface area contributed by atoms with E-state index in [2.05, 4.69) is 16.9 Å². The van der Waals surface area contributed by atoms with E-state index in [1.807, 2.05) is 0 Å². The molecule has 2 bridgehead atoms. The normalized spacial score (nSPS) is 30.0. The van der Waals surface area contributed by atoms with E-state index in [9.17, 15) is 4.79 Å². The van der Waals surface area contributed by atoms with Crippen molar-refractivity contribution in [3.05, 3.63) is 23.9 Å². The molecule has 20 heavy (non-hydrogen) atoms. The summed E-state index contributed by atoms with van der Waals surface area (Å²) in [5, 5.41) is 0. The van der Waals surface area contributed by atoms with Gasteiger partial charge in [-0.3, -0.25) is 9.69 Å². The summed E-state index contributed by atoms with van der Waals surface area (Å²) in [6.07, 6.45) is 3.35. The van der Waals surface area contributed by atoms with Crippen molar-refractivity contribution in [3.63, 3.8) is 0 Å². The highest BCUT2D eigenvalue weighted by Gasteiger charge is 2.40. The van der Waals surface area contributed by atoms with E-state index >= 15 is 0 Å². The van der Waals surface area contributed by atoms with Crippen LogP contribution in [-0.4, -0.2) is 55.1 Å². The van der Waals surface area contributed by atoms with Crippen LogP contribution in [0.15, 0.2) is 18.3 Å². The first-order valence-electron chi connectivity index (χ1n) is 7.03. The van der Waals surface area contributed by atoms with Gasteiger partial charge in [-0.1, -0.05) is 0 Å². The molecule has 1 aromatic heterocycles. The van der Waals surface area contributed by atoms with Crippen LogP contribution in [0, 0.1) is 5.92 Å². The number of carbonyl (C=O) groups is 1. The number of hydrogen-bond donors (Lipinski definition) is 0. The molecule has 2 saturated heterocycles. The summed E-state index contributed by atoms with van der Waals surface area (Å²) in [4.78, 5) is 19.2. The van der Waals surface area contributed by atoms with Gasteiger partial charge in [-0.2, -0.15) is 0 Å². The average Bonchev–Trinajstić information content (AvgIpc) is 2.46. The summed E-state index contributed by atoms with van der Waals surface area (Å²) >= 11 is 0. The Balaban J connectivity index is 1.81. The zero-order chi connectivity index (χ0) is 14.1. The highest BCUT2D eigenvalue weighted by atomic mass is 16.5. The molecule has 2 aliphatic heterocycles. The monoisotopic (exact) mass is 276 g/mol. The highest BCUT2D eigenvalue weighted by Crippen LogP contribution is 2.33. The number of piperidine rings is 1. The second-order valence-electron chi connectivity index (χ2n) is 5.60. The molecule has 0 amide bonds. The molecule has 0 aliphatic carbocycles. The molecule has 2 unspecified atom stereocenters. The Labute approximate surface area is 118 Å². The lowest BCUT2D eigenvalue weighted by Crippen LogP contribution is -2.55. The Hall–Kier alpha value is -1.46. The first kappa shape index (κ1) is 13.5. The standard InChI is InChI=1S/C15H20N2O3/c1-17-11-6-10(7-12(17)9-20-8-11)14(18)13-4-3-5-16-15(13)19-2/h3-5,10-12H,6-9H2,1-2H3. The second-order valence-corrected chi connectivity index (χ2v) is 5.60. The van der Waals surface area contributed by atoms with Crippen LogP contribution < -0.4 is 4.74 Å². The van der Waals surface area contributed by atoms with Gasteiger partial charge < -0.3 is 9.47 Å². The number of nitrogens with zero attached hydrogens (tertiary/aromatic N) is 2. The smallest absolute Gasteiger partial charge is 0.224 e. The highest BCUT2D eigenvalue weighted by molar-refractivity contribution is 5.99. The van der Waals surface area contributed by atoms with E-state index in [-0.39, 0.29) is 11.7 Å². The van der Waals surface area contributed by atoms with Crippen LogP contribution in [0.3, 0.4) is 0 Å². The van der Waals surface area contributed by atoms with E-state index in [4.69, 9.17) is 9.47 Å². The predicted molar refractivity (Wildman–Crippen MR) is 74.0 cm³/mol. The first-order chi connectivity index (χ1) is 9.70. The Kier molecular flexibility index (Phi) is 3.72. The molecule has 2 atom stereocenters. The number of pyridine rings is 1. The van der Waals surface area contributed by atoms with Crippen LogP contribution in [-0.2, 0) is 4.74 Å². The molecule has 5 nitrogen and oxygen atoms in total. The zero-order valence-corrected chi connectivity index (χ0v) is 11.9. The molecule has 2 aliphatic rings. The van der Waals surface area contributed by atoms with Gasteiger partial charge in [0.1, 0.15) is 0 Å². The summed E-state index contributed by atoms with van der Waals surface area (Å²) in [7, 11) is 3.68. The number of aromatic nitrogens is 1. The van der Waals surface area contributed by atoms with Crippen LogP contribution in [0.1, 0.15) is 23.2 Å². The third kappa shape index (κ3) is 2.31. The maximum absolute atomic E-state index is 12.7. The lowest BCUT2D eigenvalue weighted by Gasteiger charge is -2.46. The number of carbonyl (C=O) groups excluding carboxylic acids is 1. The molecule has 0 N–H and O–H groups in total. The van der Waals surface area contributed by atoms with Crippen LogP contribution in [0.2, 0.25) is 0 Å². The molecule has 2 fully saturated rings. The van der Waals surface area contributed by atoms with Gasteiger partial charge in [-0.15, -0.1) is 0 Å². The maximum Gasteiger partial charge on any atom is 0.224 e. The van der Waals surface area contributed by atoms with Crippen molar-refractivity contribution in [2.24, 2.45) is 5.92 Å². The molecule has 3 heterocycles. The van der Waals surface area contributed by atoms with Crippen molar-refractivity contribution >= 4 is 5.78 Å². The quantitative estimate of drug-likeness (QED) is 0.781. The fraction of sp³-hybridized carbons (Fsp3) is 0.600. The van der Waals surface area contributed by atoms with E-state index in [0.717, 1.165) is 26.1 Å². The summed E-state index contributed by atoms with van der Waals surface area (Å²) in [6, 6.07) is 4.28. The van der Waals surface area contributed by atoms with Gasteiger partial charge in [0.05, 0.1) is 25.9 Å². The summed E-state index contributed by atoms with van der Waals surface area (Å²) in [5.74, 6) is 0.626. The van der Waals surface area contributed by atoms with Crippen molar-refractivity contribution in [3.8, 4) is 5.88 Å². The van der Waals surface area contributed by atoms with Gasteiger partial charge in [-0.05, 0) is 32.0 Å². The number of methoxy groups -OCH3 is 1. The molecule has 108 valence electrons. The summed E-state index contributed by atoms with van der Waals surface area (Å²) in [6.45, 7) is 1.45. The maximum atomic E-state index is 12.7. The van der Waals surface area contributed by atoms with Crippen LogP contribution in [0.4, 0.5) is 0 Å². The molecule has 0 radical (unpaired) electrons. The van der Waals surface area contributed by atoms with Crippen LogP contribution in [0.5, 0.6) is 5.88 Å². The fourth-order valence-electron chi connectivity index (χ4n) is 3.27. The molecule has 5 heteroatoms. The number of fused-ring (bicyclic) bond motifs is 2. The minimum atomic E-state index is 0.0446. The van der Waals surface area contributed by atoms with E-state index in [1.54, 1.807) is 25.4 Å². The largest absolute Gasteiger partial charge is 0.480 e. The number of morpholine rings is 1. The number of ether oxygens (including phenoxy) is 2. The molecule has 0 aromatic carbocycles. The van der Waals surface area contributed by atoms with E-state index < -0.39 is 0 Å². The van der Waals surface area contributed by atoms with Gasteiger partial charge >= 0.3 is 0 Å². The zero-order valence-electron chi connectivity index (χ0n) is 11.9. The lowest BCUT2D eigenvalue weighted by molar-refractivity contribution is -0.0702. The fourth-order valence-corrected chi connectivity index (χ4v) is 3.27. The topological polar surface area (TPSA) is 51.7 Å². The second kappa shape index (κ2) is 5.50. The van der Waals surface area contributed by atoms with Crippen molar-refractivity contribution in [1.82, 2.24) is 9.88 Å². The number of hydrogen-bond acceptors (Lipinski definition) is 5. The van der Waals surface area contributed by atoms with E-state index in [0.29, 0.717) is 23.5 Å². The average molecular weight is 276 g/mol. The van der Waals surface area contributed by atoms with Crippen molar-refractivity contribution in [2.75, 3.05) is 27.4 Å². The van der Waals surface area contributed by atoms with Gasteiger partial charge in [0, 0.05) is 24.2 Å². The van der Waals surface area contributed by atoms with E-state index in [1.165, 1.54) is 0 Å². The molecule has 3 rings (SSSR count). The molecular weight excluding hydrogens is 256 g/mol. The predicted octanol–water partition coefficient (Wildman–Crippen LogP) is 1.38. The number of ketones is 1. The summed E-state index contributed by atoms with van der Waals surface area (Å²) in [5.41, 5.74) is 0.601. The van der Waals surface area contributed by atoms with Crippen LogP contribution >= 0.6 is 0 Å². The minimum absolute atomic E-state index is 0.0446.